The number of aryl methyl sites for hydroxylation is 1. The Hall–Kier alpha value is -2.50. The highest BCUT2D eigenvalue weighted by Crippen LogP contribution is 2.48. The molecule has 3 heterocycles. The topological polar surface area (TPSA) is 141 Å². The second kappa shape index (κ2) is 7.25. The van der Waals surface area contributed by atoms with Crippen LogP contribution >= 0.6 is 10.8 Å². The van der Waals surface area contributed by atoms with Gasteiger partial charge in [0.2, 0.25) is 11.7 Å². The van der Waals surface area contributed by atoms with Gasteiger partial charge in [0.25, 0.3) is 11.5 Å². The average Bonchev–Trinajstić information content (AvgIpc) is 3.03. The second-order valence-corrected chi connectivity index (χ2v) is 8.43. The molecule has 0 saturated carbocycles. The van der Waals surface area contributed by atoms with Crippen LogP contribution in [-0.2, 0) is 13.6 Å². The summed E-state index contributed by atoms with van der Waals surface area (Å²) in [5, 5.41) is 12.6. The van der Waals surface area contributed by atoms with E-state index in [1.54, 1.807) is 19.1 Å². The van der Waals surface area contributed by atoms with Crippen molar-refractivity contribution in [2.75, 3.05) is 16.6 Å². The van der Waals surface area contributed by atoms with Crippen molar-refractivity contribution in [1.82, 2.24) is 14.9 Å². The molecular weight excluding hydrogens is 376 g/mol. The van der Waals surface area contributed by atoms with Crippen LogP contribution in [0.25, 0.3) is 0 Å². The number of aromatic hydroxyl groups is 1. The molecule has 0 aliphatic carbocycles. The summed E-state index contributed by atoms with van der Waals surface area (Å²) >= 11 is 0. The Morgan fingerprint density at radius 2 is 2.11 bits per heavy atom. The lowest BCUT2D eigenvalue weighted by Gasteiger charge is -2.46. The standard InChI is InChI=1S/C16H22N4O6S/c1-10-5-6-11(26-10)9-17-14(22)12-13(21)15(23)19(2)16(18-12)20-7-3-4-8-27(20,24)25/h5-6,21,24-25H,3-4,7-9H2,1-2H3,(H,17,22). The highest BCUT2D eigenvalue weighted by atomic mass is 32.3. The van der Waals surface area contributed by atoms with Gasteiger partial charge in [-0.25, -0.2) is 9.29 Å². The van der Waals surface area contributed by atoms with Gasteiger partial charge < -0.3 is 14.8 Å². The van der Waals surface area contributed by atoms with E-state index in [9.17, 15) is 23.8 Å². The number of nitrogens with one attached hydrogen (secondary N) is 1. The number of amides is 1. The fourth-order valence-corrected chi connectivity index (χ4v) is 4.49. The predicted octanol–water partition coefficient (Wildman–Crippen LogP) is 1.58. The number of furan rings is 1. The number of carbonyl (C=O) groups is 1. The summed E-state index contributed by atoms with van der Waals surface area (Å²) in [6.45, 7) is 2.10. The predicted molar refractivity (Wildman–Crippen MR) is 100 cm³/mol. The van der Waals surface area contributed by atoms with Crippen molar-refractivity contribution >= 4 is 22.6 Å². The molecule has 148 valence electrons. The Kier molecular flexibility index (Phi) is 5.18. The van der Waals surface area contributed by atoms with Crippen LogP contribution in [0.4, 0.5) is 5.95 Å². The van der Waals surface area contributed by atoms with Gasteiger partial charge in [0.05, 0.1) is 12.3 Å². The Morgan fingerprint density at radius 1 is 1.37 bits per heavy atom. The molecule has 0 spiro atoms. The van der Waals surface area contributed by atoms with E-state index in [0.29, 0.717) is 24.4 Å². The maximum absolute atomic E-state index is 12.4. The van der Waals surface area contributed by atoms with E-state index in [4.69, 9.17) is 4.42 Å². The maximum atomic E-state index is 12.4. The van der Waals surface area contributed by atoms with Gasteiger partial charge in [-0.2, -0.15) is 0 Å². The Balaban J connectivity index is 1.92. The fraction of sp³-hybridized carbons (Fsp3) is 0.438. The normalized spacial score (nSPS) is 17.6. The van der Waals surface area contributed by atoms with E-state index in [0.717, 1.165) is 4.57 Å². The Morgan fingerprint density at radius 3 is 2.74 bits per heavy atom. The lowest BCUT2D eigenvalue weighted by molar-refractivity contribution is 0.0939. The van der Waals surface area contributed by atoms with Crippen LogP contribution in [0, 0.1) is 6.92 Å². The van der Waals surface area contributed by atoms with Gasteiger partial charge in [-0.15, -0.1) is 10.8 Å². The van der Waals surface area contributed by atoms with Crippen LogP contribution in [0.1, 0.15) is 34.9 Å². The fourth-order valence-electron chi connectivity index (χ4n) is 2.83. The zero-order chi connectivity index (χ0) is 19.8. The highest BCUT2D eigenvalue weighted by Gasteiger charge is 2.32. The molecule has 10 nitrogen and oxygen atoms in total. The van der Waals surface area contributed by atoms with Crippen molar-refractivity contribution in [3.05, 3.63) is 39.7 Å². The monoisotopic (exact) mass is 398 g/mol. The van der Waals surface area contributed by atoms with E-state index in [1.165, 1.54) is 11.4 Å². The maximum Gasteiger partial charge on any atom is 0.297 e. The number of anilines is 1. The van der Waals surface area contributed by atoms with Gasteiger partial charge in [0.15, 0.2) is 5.69 Å². The van der Waals surface area contributed by atoms with Crippen molar-refractivity contribution in [3.63, 3.8) is 0 Å². The van der Waals surface area contributed by atoms with E-state index in [2.05, 4.69) is 10.3 Å². The quantitative estimate of drug-likeness (QED) is 0.608. The number of carbonyl (C=O) groups excluding carboxylic acids is 1. The summed E-state index contributed by atoms with van der Waals surface area (Å²) in [6.07, 6.45) is 1.33. The molecule has 11 heteroatoms. The first-order valence-electron chi connectivity index (χ1n) is 8.38. The Labute approximate surface area is 156 Å². The lowest BCUT2D eigenvalue weighted by Crippen LogP contribution is -2.39. The van der Waals surface area contributed by atoms with Gasteiger partial charge >= 0.3 is 0 Å². The number of aromatic nitrogens is 2. The van der Waals surface area contributed by atoms with E-state index < -0.39 is 33.7 Å². The third-order valence-electron chi connectivity index (χ3n) is 4.28. The smallest absolute Gasteiger partial charge is 0.297 e. The van der Waals surface area contributed by atoms with Crippen LogP contribution in [0.2, 0.25) is 0 Å². The summed E-state index contributed by atoms with van der Waals surface area (Å²) in [5.74, 6) is -0.294. The SMILES string of the molecule is Cc1ccc(CNC(=O)c2nc(N3CCCCS3(O)O)n(C)c(=O)c2O)o1. The van der Waals surface area contributed by atoms with Crippen LogP contribution in [0.15, 0.2) is 21.3 Å². The van der Waals surface area contributed by atoms with Gasteiger partial charge in [0.1, 0.15) is 11.5 Å². The number of hydrogen-bond donors (Lipinski definition) is 4. The number of hydrogen-bond acceptors (Lipinski definition) is 8. The first-order valence-corrected chi connectivity index (χ1v) is 10.0. The average molecular weight is 398 g/mol. The minimum Gasteiger partial charge on any atom is -0.501 e. The zero-order valence-electron chi connectivity index (χ0n) is 15.0. The third-order valence-corrected chi connectivity index (χ3v) is 6.17. The van der Waals surface area contributed by atoms with Crippen LogP contribution in [0.3, 0.4) is 0 Å². The summed E-state index contributed by atoms with van der Waals surface area (Å²) in [6, 6.07) is 3.44. The van der Waals surface area contributed by atoms with Crippen molar-refractivity contribution in [1.29, 1.82) is 0 Å². The van der Waals surface area contributed by atoms with Crippen molar-refractivity contribution in [2.24, 2.45) is 7.05 Å². The van der Waals surface area contributed by atoms with E-state index in [-0.39, 0.29) is 24.8 Å². The van der Waals surface area contributed by atoms with Crippen molar-refractivity contribution < 1.29 is 23.4 Å². The first-order chi connectivity index (χ1) is 12.7. The molecule has 1 saturated heterocycles. The highest BCUT2D eigenvalue weighted by molar-refractivity contribution is 8.25. The van der Waals surface area contributed by atoms with Gasteiger partial charge in [0, 0.05) is 13.6 Å². The van der Waals surface area contributed by atoms with Crippen LogP contribution in [0.5, 0.6) is 5.75 Å². The van der Waals surface area contributed by atoms with Crippen LogP contribution in [-0.4, -0.2) is 42.0 Å². The molecule has 2 aromatic rings. The molecule has 1 aliphatic heterocycles. The second-order valence-electron chi connectivity index (χ2n) is 6.31. The molecule has 1 fully saturated rings. The first kappa shape index (κ1) is 19.3. The summed E-state index contributed by atoms with van der Waals surface area (Å²) < 4.78 is 28.2. The summed E-state index contributed by atoms with van der Waals surface area (Å²) in [7, 11) is -1.79. The number of rotatable bonds is 4. The summed E-state index contributed by atoms with van der Waals surface area (Å²) in [4.78, 5) is 28.9. The van der Waals surface area contributed by atoms with Gasteiger partial charge in [-0.05, 0) is 31.9 Å². The molecule has 27 heavy (non-hydrogen) atoms. The third kappa shape index (κ3) is 3.80. The molecular formula is C16H22N4O6S. The van der Waals surface area contributed by atoms with Crippen LogP contribution < -0.4 is 15.2 Å². The summed E-state index contributed by atoms with van der Waals surface area (Å²) in [5.41, 5.74) is -1.32. The largest absolute Gasteiger partial charge is 0.501 e. The molecule has 1 amide bonds. The lowest BCUT2D eigenvalue weighted by atomic mass is 10.3. The molecule has 0 aromatic carbocycles. The zero-order valence-corrected chi connectivity index (χ0v) is 15.8. The number of nitrogens with zero attached hydrogens (tertiary/aromatic N) is 3. The molecule has 2 aromatic heterocycles. The molecule has 0 bridgehead atoms. The Bertz CT molecular complexity index is 922. The van der Waals surface area contributed by atoms with E-state index >= 15 is 0 Å². The van der Waals surface area contributed by atoms with Crippen molar-refractivity contribution in [2.45, 2.75) is 26.3 Å². The molecule has 0 atom stereocenters. The molecule has 0 radical (unpaired) electrons. The molecule has 0 unspecified atom stereocenters. The minimum absolute atomic E-state index is 0.0528. The molecule has 1 aliphatic rings. The molecule has 4 N–H and O–H groups in total. The van der Waals surface area contributed by atoms with Crippen molar-refractivity contribution in [3.8, 4) is 5.75 Å². The van der Waals surface area contributed by atoms with Gasteiger partial charge in [-0.3, -0.25) is 23.3 Å². The minimum atomic E-state index is -3.14. The molecule has 3 rings (SSSR count). The van der Waals surface area contributed by atoms with E-state index in [1.807, 2.05) is 0 Å². The van der Waals surface area contributed by atoms with Gasteiger partial charge in [-0.1, -0.05) is 0 Å².